The summed E-state index contributed by atoms with van der Waals surface area (Å²) in [6, 6.07) is 4.50. The van der Waals surface area contributed by atoms with Crippen molar-refractivity contribution < 1.29 is 8.42 Å². The fourth-order valence-corrected chi connectivity index (χ4v) is 4.32. The van der Waals surface area contributed by atoms with E-state index in [1.165, 1.54) is 23.5 Å². The largest absolute Gasteiger partial charge is 0.398 e. The molecule has 8 heteroatoms. The lowest BCUT2D eigenvalue weighted by molar-refractivity contribution is 0.601. The fraction of sp³-hybridized carbons (Fsp3) is 0. The maximum atomic E-state index is 12.2. The van der Waals surface area contributed by atoms with E-state index in [0.29, 0.717) is 10.2 Å². The molecule has 0 atom stereocenters. The van der Waals surface area contributed by atoms with Gasteiger partial charge in [-0.1, -0.05) is 11.6 Å². The lowest BCUT2D eigenvalue weighted by atomic mass is 10.3. The number of hydrogen-bond donors (Lipinski definition) is 2. The minimum absolute atomic E-state index is 0.0127. The van der Waals surface area contributed by atoms with Crippen molar-refractivity contribution in [1.29, 1.82) is 0 Å². The molecule has 2 aromatic rings. The standard InChI is InChI=1S/C10H8BrClN2O2S2/c11-10-8(13)3-6(12)4-9(10)18(15,16)14-7-1-2-17-5-7/h1-5,14H,13H2. The van der Waals surface area contributed by atoms with E-state index >= 15 is 0 Å². The second kappa shape index (κ2) is 5.08. The van der Waals surface area contributed by atoms with Crippen molar-refractivity contribution >= 4 is 60.3 Å². The zero-order chi connectivity index (χ0) is 13.3. The van der Waals surface area contributed by atoms with Crippen molar-refractivity contribution in [1.82, 2.24) is 0 Å². The summed E-state index contributed by atoms with van der Waals surface area (Å²) in [6.07, 6.45) is 0. The number of nitrogen functional groups attached to an aromatic ring is 1. The van der Waals surface area contributed by atoms with Crippen LogP contribution in [0.5, 0.6) is 0 Å². The molecule has 0 aliphatic rings. The van der Waals surface area contributed by atoms with Crippen LogP contribution in [-0.2, 0) is 10.0 Å². The van der Waals surface area contributed by atoms with Crippen molar-refractivity contribution in [2.75, 3.05) is 10.5 Å². The first-order valence-electron chi connectivity index (χ1n) is 4.70. The fourth-order valence-electron chi connectivity index (χ4n) is 1.31. The summed E-state index contributed by atoms with van der Waals surface area (Å²) >= 11 is 10.4. The maximum Gasteiger partial charge on any atom is 0.263 e. The van der Waals surface area contributed by atoms with E-state index in [0.717, 1.165) is 0 Å². The van der Waals surface area contributed by atoms with Gasteiger partial charge in [-0.05, 0) is 39.5 Å². The number of hydrogen-bond acceptors (Lipinski definition) is 4. The predicted octanol–water partition coefficient (Wildman–Crippen LogP) is 3.55. The van der Waals surface area contributed by atoms with Gasteiger partial charge in [0.15, 0.2) is 0 Å². The Bertz CT molecular complexity index is 671. The van der Waals surface area contributed by atoms with Crippen LogP contribution in [0.4, 0.5) is 11.4 Å². The molecular weight excluding hydrogens is 360 g/mol. The first-order chi connectivity index (χ1) is 8.40. The molecule has 1 heterocycles. The number of halogens is 2. The monoisotopic (exact) mass is 366 g/mol. The second-order valence-electron chi connectivity index (χ2n) is 3.42. The van der Waals surface area contributed by atoms with Gasteiger partial charge in [-0.2, -0.15) is 11.3 Å². The quantitative estimate of drug-likeness (QED) is 0.815. The molecule has 0 saturated carbocycles. The molecule has 0 saturated heterocycles. The molecule has 18 heavy (non-hydrogen) atoms. The third-order valence-electron chi connectivity index (χ3n) is 2.10. The molecule has 0 aliphatic heterocycles. The summed E-state index contributed by atoms with van der Waals surface area (Å²) < 4.78 is 27.1. The number of thiophene rings is 1. The van der Waals surface area contributed by atoms with Crippen LogP contribution in [0.3, 0.4) is 0 Å². The van der Waals surface area contributed by atoms with E-state index in [1.54, 1.807) is 16.8 Å². The molecule has 0 spiro atoms. The number of anilines is 2. The van der Waals surface area contributed by atoms with Gasteiger partial charge in [-0.25, -0.2) is 8.42 Å². The highest BCUT2D eigenvalue weighted by Gasteiger charge is 2.20. The Morgan fingerprint density at radius 1 is 1.39 bits per heavy atom. The summed E-state index contributed by atoms with van der Waals surface area (Å²) in [4.78, 5) is 0.0127. The van der Waals surface area contributed by atoms with Gasteiger partial charge in [-0.15, -0.1) is 0 Å². The summed E-state index contributed by atoms with van der Waals surface area (Å²) in [5.74, 6) is 0. The van der Waals surface area contributed by atoms with Crippen LogP contribution < -0.4 is 10.5 Å². The van der Waals surface area contributed by atoms with Gasteiger partial charge in [0.05, 0.1) is 10.2 Å². The first-order valence-corrected chi connectivity index (χ1v) is 8.29. The molecule has 0 bridgehead atoms. The Labute approximate surface area is 122 Å². The van der Waals surface area contributed by atoms with Crippen LogP contribution in [0.25, 0.3) is 0 Å². The molecule has 0 aliphatic carbocycles. The van der Waals surface area contributed by atoms with Gasteiger partial charge in [0, 0.05) is 16.1 Å². The molecule has 0 unspecified atom stereocenters. The van der Waals surface area contributed by atoms with Crippen LogP contribution in [0.2, 0.25) is 5.02 Å². The van der Waals surface area contributed by atoms with Crippen molar-refractivity contribution in [2.45, 2.75) is 4.90 Å². The van der Waals surface area contributed by atoms with Gasteiger partial charge in [0.1, 0.15) is 4.90 Å². The highest BCUT2D eigenvalue weighted by atomic mass is 79.9. The van der Waals surface area contributed by atoms with Crippen molar-refractivity contribution in [3.05, 3.63) is 38.5 Å². The van der Waals surface area contributed by atoms with Crippen LogP contribution in [0.15, 0.2) is 38.3 Å². The third kappa shape index (κ3) is 2.80. The SMILES string of the molecule is Nc1cc(Cl)cc(S(=O)(=O)Nc2ccsc2)c1Br. The zero-order valence-electron chi connectivity index (χ0n) is 8.85. The summed E-state index contributed by atoms with van der Waals surface area (Å²) in [5, 5.41) is 3.74. The van der Waals surface area contributed by atoms with Crippen molar-refractivity contribution in [3.63, 3.8) is 0 Å². The van der Waals surface area contributed by atoms with Gasteiger partial charge >= 0.3 is 0 Å². The predicted molar refractivity (Wildman–Crippen MR) is 78.7 cm³/mol. The molecule has 3 N–H and O–H groups in total. The summed E-state index contributed by atoms with van der Waals surface area (Å²) in [7, 11) is -3.71. The summed E-state index contributed by atoms with van der Waals surface area (Å²) in [6.45, 7) is 0. The summed E-state index contributed by atoms with van der Waals surface area (Å²) in [5.41, 5.74) is 6.45. The minimum Gasteiger partial charge on any atom is -0.398 e. The molecule has 0 radical (unpaired) electrons. The van der Waals surface area contributed by atoms with Crippen LogP contribution in [-0.4, -0.2) is 8.42 Å². The molecule has 96 valence electrons. The average Bonchev–Trinajstić information content (AvgIpc) is 2.75. The zero-order valence-corrected chi connectivity index (χ0v) is 12.8. The highest BCUT2D eigenvalue weighted by molar-refractivity contribution is 9.10. The molecule has 1 aromatic carbocycles. The van der Waals surface area contributed by atoms with Crippen LogP contribution in [0.1, 0.15) is 0 Å². The number of rotatable bonds is 3. The van der Waals surface area contributed by atoms with Crippen LogP contribution >= 0.6 is 38.9 Å². The Morgan fingerprint density at radius 3 is 2.72 bits per heavy atom. The second-order valence-corrected chi connectivity index (χ2v) is 7.08. The highest BCUT2D eigenvalue weighted by Crippen LogP contribution is 2.32. The minimum atomic E-state index is -3.71. The third-order valence-corrected chi connectivity index (χ3v) is 5.55. The maximum absolute atomic E-state index is 12.2. The van der Waals surface area contributed by atoms with E-state index in [9.17, 15) is 8.42 Å². The topological polar surface area (TPSA) is 72.2 Å². The van der Waals surface area contributed by atoms with Crippen molar-refractivity contribution in [2.24, 2.45) is 0 Å². The number of nitrogens with one attached hydrogen (secondary N) is 1. The van der Waals surface area contributed by atoms with Gasteiger partial charge in [-0.3, -0.25) is 4.72 Å². The molecule has 4 nitrogen and oxygen atoms in total. The molecule has 0 amide bonds. The van der Waals surface area contributed by atoms with E-state index in [1.807, 2.05) is 0 Å². The molecule has 2 rings (SSSR count). The molecular formula is C10H8BrClN2O2S2. The van der Waals surface area contributed by atoms with E-state index in [2.05, 4.69) is 20.7 Å². The lowest BCUT2D eigenvalue weighted by Crippen LogP contribution is -2.13. The number of sulfonamides is 1. The molecule has 0 fully saturated rings. The average molecular weight is 368 g/mol. The van der Waals surface area contributed by atoms with Gasteiger partial charge in [0.25, 0.3) is 10.0 Å². The Hall–Kier alpha value is -0.760. The van der Waals surface area contributed by atoms with Crippen LogP contribution in [0, 0.1) is 0 Å². The normalized spacial score (nSPS) is 11.4. The van der Waals surface area contributed by atoms with Crippen molar-refractivity contribution in [3.8, 4) is 0 Å². The van der Waals surface area contributed by atoms with E-state index < -0.39 is 10.0 Å². The Kier molecular flexibility index (Phi) is 3.86. The Morgan fingerprint density at radius 2 is 2.11 bits per heavy atom. The number of benzene rings is 1. The lowest BCUT2D eigenvalue weighted by Gasteiger charge is -2.10. The van der Waals surface area contributed by atoms with Gasteiger partial charge in [0.2, 0.25) is 0 Å². The van der Waals surface area contributed by atoms with E-state index in [4.69, 9.17) is 17.3 Å². The van der Waals surface area contributed by atoms with Gasteiger partial charge < -0.3 is 5.73 Å². The molecule has 1 aromatic heterocycles. The number of nitrogens with two attached hydrogens (primary N) is 1. The first kappa shape index (κ1) is 13.7. The smallest absolute Gasteiger partial charge is 0.263 e. The Balaban J connectivity index is 2.48. The van der Waals surface area contributed by atoms with E-state index in [-0.39, 0.29) is 15.6 Å².